The lowest BCUT2D eigenvalue weighted by atomic mass is 10.0. The van der Waals surface area contributed by atoms with Crippen molar-refractivity contribution in [3.8, 4) is 0 Å². The van der Waals surface area contributed by atoms with Crippen molar-refractivity contribution in [3.05, 3.63) is 71.8 Å². The van der Waals surface area contributed by atoms with E-state index in [0.29, 0.717) is 5.66 Å². The second-order valence-electron chi connectivity index (χ2n) is 3.30. The molecule has 0 aliphatic carbocycles. The molecule has 0 fully saturated rings. The van der Waals surface area contributed by atoms with Gasteiger partial charge in [-0.05, 0) is 11.1 Å². The van der Waals surface area contributed by atoms with E-state index in [1.807, 2.05) is 12.1 Å². The van der Waals surface area contributed by atoms with E-state index in [9.17, 15) is 0 Å². The molecule has 2 aromatic carbocycles. The van der Waals surface area contributed by atoms with Gasteiger partial charge in [0.05, 0.1) is 0 Å². The Morgan fingerprint density at radius 2 is 1.00 bits per heavy atom. The molecule has 0 nitrogen and oxygen atoms in total. The van der Waals surface area contributed by atoms with E-state index in [4.69, 9.17) is 0 Å². The zero-order chi connectivity index (χ0) is 9.80. The average molecular weight is 281 g/mol. The highest BCUT2D eigenvalue weighted by molar-refractivity contribution is 8.93. The first-order valence-corrected chi connectivity index (χ1v) is 5.40. The molecule has 2 aromatic rings. The molecule has 0 heterocycles. The fourth-order valence-corrected chi connectivity index (χ4v) is 1.96. The van der Waals surface area contributed by atoms with Crippen molar-refractivity contribution in [2.75, 3.05) is 0 Å². The minimum Gasteiger partial charge on any atom is -0.125 e. The van der Waals surface area contributed by atoms with Crippen LogP contribution >= 0.6 is 26.2 Å². The van der Waals surface area contributed by atoms with Gasteiger partial charge >= 0.3 is 0 Å². The lowest BCUT2D eigenvalue weighted by molar-refractivity contribution is 1.16. The molecule has 0 aliphatic heterocycles. The number of halogens is 1. The molecule has 2 rings (SSSR count). The van der Waals surface area contributed by atoms with Crippen LogP contribution in [-0.2, 0) is 0 Å². The molecule has 0 bridgehead atoms. The topological polar surface area (TPSA) is 0 Å². The SMILES string of the molecule is Br.PC(c1ccccc1)c1ccccc1. The van der Waals surface area contributed by atoms with Crippen molar-refractivity contribution in [2.24, 2.45) is 0 Å². The smallest absolute Gasteiger partial charge is 0.0234 e. The van der Waals surface area contributed by atoms with E-state index >= 15 is 0 Å². The van der Waals surface area contributed by atoms with Crippen LogP contribution in [0.3, 0.4) is 0 Å². The van der Waals surface area contributed by atoms with Gasteiger partial charge in [-0.3, -0.25) is 0 Å². The van der Waals surface area contributed by atoms with Crippen LogP contribution in [-0.4, -0.2) is 0 Å². The molecule has 0 saturated carbocycles. The van der Waals surface area contributed by atoms with Gasteiger partial charge < -0.3 is 0 Å². The summed E-state index contributed by atoms with van der Waals surface area (Å²) < 4.78 is 0. The zero-order valence-corrected chi connectivity index (χ0v) is 11.2. The summed E-state index contributed by atoms with van der Waals surface area (Å²) in [5.74, 6) is 0. The van der Waals surface area contributed by atoms with Crippen molar-refractivity contribution in [2.45, 2.75) is 5.66 Å². The van der Waals surface area contributed by atoms with Crippen LogP contribution in [0.4, 0.5) is 0 Å². The van der Waals surface area contributed by atoms with E-state index in [1.165, 1.54) is 11.1 Å². The van der Waals surface area contributed by atoms with Crippen LogP contribution in [0.25, 0.3) is 0 Å². The molecule has 1 unspecified atom stereocenters. The summed E-state index contributed by atoms with van der Waals surface area (Å²) in [6.45, 7) is 0. The third-order valence-corrected chi connectivity index (χ3v) is 3.09. The Morgan fingerprint density at radius 1 is 0.667 bits per heavy atom. The quantitative estimate of drug-likeness (QED) is 0.723. The molecule has 0 N–H and O–H groups in total. The Balaban J connectivity index is 0.00000112. The third-order valence-electron chi connectivity index (χ3n) is 2.32. The average Bonchev–Trinajstić information content (AvgIpc) is 2.30. The van der Waals surface area contributed by atoms with Gasteiger partial charge in [0.2, 0.25) is 0 Å². The maximum Gasteiger partial charge on any atom is 0.0234 e. The van der Waals surface area contributed by atoms with Gasteiger partial charge in [0.25, 0.3) is 0 Å². The summed E-state index contributed by atoms with van der Waals surface area (Å²) in [5, 5.41) is 0. The standard InChI is InChI=1S/C13H13P.BrH/c14-13(11-7-3-1-4-8-11)12-9-5-2-6-10-12;/h1-10,13H,14H2;1H. The van der Waals surface area contributed by atoms with Crippen LogP contribution < -0.4 is 0 Å². The second kappa shape index (κ2) is 6.05. The first-order valence-electron chi connectivity index (χ1n) is 4.73. The molecule has 1 atom stereocenters. The highest BCUT2D eigenvalue weighted by Gasteiger charge is 2.05. The van der Waals surface area contributed by atoms with Gasteiger partial charge in [-0.15, -0.1) is 26.2 Å². The number of hydrogen-bond donors (Lipinski definition) is 0. The van der Waals surface area contributed by atoms with Crippen molar-refractivity contribution in [1.29, 1.82) is 0 Å². The summed E-state index contributed by atoms with van der Waals surface area (Å²) in [4.78, 5) is 0. The van der Waals surface area contributed by atoms with E-state index in [2.05, 4.69) is 57.8 Å². The maximum absolute atomic E-state index is 2.89. The summed E-state index contributed by atoms with van der Waals surface area (Å²) in [5.41, 5.74) is 3.07. The number of hydrogen-bond acceptors (Lipinski definition) is 0. The van der Waals surface area contributed by atoms with Gasteiger partial charge in [-0.25, -0.2) is 0 Å². The summed E-state index contributed by atoms with van der Waals surface area (Å²) in [6.07, 6.45) is 0. The largest absolute Gasteiger partial charge is 0.125 e. The Hall–Kier alpha value is -0.650. The predicted octanol–water partition coefficient (Wildman–Crippen LogP) is 4.23. The normalized spacial score (nSPS) is 9.73. The second-order valence-corrected chi connectivity index (χ2v) is 3.97. The maximum atomic E-state index is 2.89. The Bertz CT molecular complexity index is 346. The summed E-state index contributed by atoms with van der Waals surface area (Å²) in [6, 6.07) is 21.0. The highest BCUT2D eigenvalue weighted by Crippen LogP contribution is 2.30. The fraction of sp³-hybridized carbons (Fsp3) is 0.0769. The molecule has 0 saturated heterocycles. The van der Waals surface area contributed by atoms with Crippen LogP contribution in [0.1, 0.15) is 16.8 Å². The Kier molecular flexibility index (Phi) is 5.01. The van der Waals surface area contributed by atoms with Crippen LogP contribution in [0.15, 0.2) is 60.7 Å². The Morgan fingerprint density at radius 3 is 1.33 bits per heavy atom. The van der Waals surface area contributed by atoms with Crippen LogP contribution in [0.2, 0.25) is 0 Å². The molecule has 0 aromatic heterocycles. The zero-order valence-electron chi connectivity index (χ0n) is 8.34. The summed E-state index contributed by atoms with van der Waals surface area (Å²) in [7, 11) is 2.89. The molecule has 0 spiro atoms. The van der Waals surface area contributed by atoms with Crippen molar-refractivity contribution < 1.29 is 0 Å². The molecule has 15 heavy (non-hydrogen) atoms. The van der Waals surface area contributed by atoms with Gasteiger partial charge in [-0.2, -0.15) is 0 Å². The van der Waals surface area contributed by atoms with Crippen molar-refractivity contribution >= 4 is 26.2 Å². The molecule has 0 radical (unpaired) electrons. The molecular weight excluding hydrogens is 267 g/mol. The fourth-order valence-electron chi connectivity index (χ4n) is 1.51. The monoisotopic (exact) mass is 280 g/mol. The highest BCUT2D eigenvalue weighted by atomic mass is 79.9. The lowest BCUT2D eigenvalue weighted by Gasteiger charge is -2.11. The van der Waals surface area contributed by atoms with Gasteiger partial charge in [-0.1, -0.05) is 60.7 Å². The number of benzene rings is 2. The van der Waals surface area contributed by atoms with E-state index in [0.717, 1.165) is 0 Å². The lowest BCUT2D eigenvalue weighted by Crippen LogP contribution is -1.90. The van der Waals surface area contributed by atoms with Crippen LogP contribution in [0, 0.1) is 0 Å². The van der Waals surface area contributed by atoms with Gasteiger partial charge in [0.15, 0.2) is 0 Å². The van der Waals surface area contributed by atoms with Gasteiger partial charge in [0.1, 0.15) is 0 Å². The molecular formula is C13H14BrP. The Labute approximate surface area is 104 Å². The van der Waals surface area contributed by atoms with E-state index < -0.39 is 0 Å². The first kappa shape index (κ1) is 12.4. The van der Waals surface area contributed by atoms with Crippen molar-refractivity contribution in [1.82, 2.24) is 0 Å². The third kappa shape index (κ3) is 3.15. The molecule has 0 amide bonds. The predicted molar refractivity (Wildman–Crippen MR) is 74.8 cm³/mol. The minimum absolute atomic E-state index is 0. The van der Waals surface area contributed by atoms with E-state index in [1.54, 1.807) is 0 Å². The molecule has 2 heteroatoms. The molecule has 78 valence electrons. The summed E-state index contributed by atoms with van der Waals surface area (Å²) >= 11 is 0. The van der Waals surface area contributed by atoms with Gasteiger partial charge in [0, 0.05) is 5.66 Å². The number of rotatable bonds is 2. The van der Waals surface area contributed by atoms with Crippen molar-refractivity contribution in [3.63, 3.8) is 0 Å². The molecule has 0 aliphatic rings. The van der Waals surface area contributed by atoms with Crippen LogP contribution in [0.5, 0.6) is 0 Å². The minimum atomic E-state index is 0. The first-order chi connectivity index (χ1) is 6.88. The van der Waals surface area contributed by atoms with E-state index in [-0.39, 0.29) is 17.0 Å².